The van der Waals surface area contributed by atoms with E-state index in [1.165, 1.54) is 12.8 Å². The molecule has 1 amide bonds. The lowest BCUT2D eigenvalue weighted by atomic mass is 9.96. The standard InChI is InChI=1S/C13H23N3O.ClH/c17-13(11-3-5-14-6-4-11)16-9-7-15(8-10-16)12-1-2-12;/h11-12,14H,1-10H2;1H. The van der Waals surface area contributed by atoms with Gasteiger partial charge in [-0.2, -0.15) is 0 Å². The summed E-state index contributed by atoms with van der Waals surface area (Å²) in [4.78, 5) is 17.0. The Morgan fingerprint density at radius 2 is 1.56 bits per heavy atom. The average molecular weight is 274 g/mol. The molecule has 1 N–H and O–H groups in total. The number of rotatable bonds is 2. The van der Waals surface area contributed by atoms with Crippen molar-refractivity contribution in [3.63, 3.8) is 0 Å². The molecule has 104 valence electrons. The first-order chi connectivity index (χ1) is 8.34. The number of piperidine rings is 1. The minimum Gasteiger partial charge on any atom is -0.340 e. The van der Waals surface area contributed by atoms with Crippen LogP contribution in [0.2, 0.25) is 0 Å². The van der Waals surface area contributed by atoms with Gasteiger partial charge in [-0.05, 0) is 38.8 Å². The maximum atomic E-state index is 12.3. The topological polar surface area (TPSA) is 35.6 Å². The van der Waals surface area contributed by atoms with Crippen molar-refractivity contribution < 1.29 is 4.79 Å². The molecule has 0 atom stereocenters. The molecule has 2 saturated heterocycles. The molecule has 4 nitrogen and oxygen atoms in total. The summed E-state index contributed by atoms with van der Waals surface area (Å²) in [5, 5.41) is 3.32. The zero-order chi connectivity index (χ0) is 11.7. The molecule has 0 aromatic carbocycles. The number of hydrogen-bond acceptors (Lipinski definition) is 3. The van der Waals surface area contributed by atoms with Gasteiger partial charge in [-0.3, -0.25) is 9.69 Å². The van der Waals surface area contributed by atoms with Gasteiger partial charge in [0.25, 0.3) is 0 Å². The number of halogens is 1. The molecule has 3 rings (SSSR count). The molecule has 18 heavy (non-hydrogen) atoms. The van der Waals surface area contributed by atoms with Gasteiger partial charge in [0.2, 0.25) is 5.91 Å². The lowest BCUT2D eigenvalue weighted by molar-refractivity contribution is -0.138. The summed E-state index contributed by atoms with van der Waals surface area (Å²) in [7, 11) is 0. The van der Waals surface area contributed by atoms with Crippen LogP contribution < -0.4 is 5.32 Å². The monoisotopic (exact) mass is 273 g/mol. The van der Waals surface area contributed by atoms with Crippen LogP contribution in [0.1, 0.15) is 25.7 Å². The smallest absolute Gasteiger partial charge is 0.225 e. The van der Waals surface area contributed by atoms with Gasteiger partial charge in [-0.1, -0.05) is 0 Å². The minimum absolute atomic E-state index is 0. The molecule has 0 aromatic heterocycles. The molecule has 1 aliphatic carbocycles. The third kappa shape index (κ3) is 3.16. The molecule has 3 fully saturated rings. The normalized spacial score (nSPS) is 26.8. The fourth-order valence-corrected chi connectivity index (χ4v) is 3.07. The predicted octanol–water partition coefficient (Wildman–Crippen LogP) is 0.714. The van der Waals surface area contributed by atoms with E-state index in [-0.39, 0.29) is 12.4 Å². The van der Waals surface area contributed by atoms with E-state index in [1.54, 1.807) is 0 Å². The second-order valence-corrected chi connectivity index (χ2v) is 5.62. The molecule has 2 heterocycles. The Hall–Kier alpha value is -0.320. The molecular formula is C13H24ClN3O. The van der Waals surface area contributed by atoms with E-state index in [1.807, 2.05) is 0 Å². The number of hydrogen-bond donors (Lipinski definition) is 1. The van der Waals surface area contributed by atoms with E-state index in [2.05, 4.69) is 15.1 Å². The highest BCUT2D eigenvalue weighted by atomic mass is 35.5. The number of nitrogens with one attached hydrogen (secondary N) is 1. The predicted molar refractivity (Wildman–Crippen MR) is 74.0 cm³/mol. The van der Waals surface area contributed by atoms with Crippen molar-refractivity contribution >= 4 is 18.3 Å². The second-order valence-electron chi connectivity index (χ2n) is 5.62. The first-order valence-corrected chi connectivity index (χ1v) is 7.08. The summed E-state index contributed by atoms with van der Waals surface area (Å²) in [6.07, 6.45) is 4.81. The molecule has 0 radical (unpaired) electrons. The Kier molecular flexibility index (Phi) is 4.87. The van der Waals surface area contributed by atoms with Gasteiger partial charge in [0.15, 0.2) is 0 Å². The number of carbonyl (C=O) groups excluding carboxylic acids is 1. The van der Waals surface area contributed by atoms with Crippen LogP contribution in [0.15, 0.2) is 0 Å². The zero-order valence-electron chi connectivity index (χ0n) is 10.9. The molecule has 0 bridgehead atoms. The summed E-state index contributed by atoms with van der Waals surface area (Å²) in [5.74, 6) is 0.714. The largest absolute Gasteiger partial charge is 0.340 e. The minimum atomic E-state index is 0. The molecule has 0 unspecified atom stereocenters. The third-order valence-corrected chi connectivity index (χ3v) is 4.38. The fraction of sp³-hybridized carbons (Fsp3) is 0.923. The van der Waals surface area contributed by atoms with Crippen LogP contribution in [0, 0.1) is 5.92 Å². The molecular weight excluding hydrogens is 250 g/mol. The summed E-state index contributed by atoms with van der Waals surface area (Å²) in [5.41, 5.74) is 0. The van der Waals surface area contributed by atoms with Crippen LogP contribution in [0.4, 0.5) is 0 Å². The number of amides is 1. The van der Waals surface area contributed by atoms with Crippen molar-refractivity contribution in [3.8, 4) is 0 Å². The number of nitrogens with zero attached hydrogens (tertiary/aromatic N) is 2. The number of carbonyl (C=O) groups is 1. The van der Waals surface area contributed by atoms with E-state index >= 15 is 0 Å². The SMILES string of the molecule is Cl.O=C(C1CCNCC1)N1CCN(C2CC2)CC1. The Bertz CT molecular complexity index is 282. The van der Waals surface area contributed by atoms with Gasteiger partial charge < -0.3 is 10.2 Å². The molecule has 1 saturated carbocycles. The first-order valence-electron chi connectivity index (χ1n) is 7.08. The highest BCUT2D eigenvalue weighted by molar-refractivity contribution is 5.85. The van der Waals surface area contributed by atoms with E-state index in [0.717, 1.165) is 58.2 Å². The first kappa shape index (κ1) is 14.1. The van der Waals surface area contributed by atoms with Crippen LogP contribution in [0.3, 0.4) is 0 Å². The average Bonchev–Trinajstić information content (AvgIpc) is 3.24. The fourth-order valence-electron chi connectivity index (χ4n) is 3.07. The van der Waals surface area contributed by atoms with Gasteiger partial charge in [0.05, 0.1) is 0 Å². The lowest BCUT2D eigenvalue weighted by Crippen LogP contribution is -2.51. The van der Waals surface area contributed by atoms with Gasteiger partial charge in [-0.25, -0.2) is 0 Å². The molecule has 5 heteroatoms. The zero-order valence-corrected chi connectivity index (χ0v) is 11.8. The van der Waals surface area contributed by atoms with E-state index in [0.29, 0.717) is 11.8 Å². The van der Waals surface area contributed by atoms with Crippen LogP contribution >= 0.6 is 12.4 Å². The van der Waals surface area contributed by atoms with E-state index in [9.17, 15) is 4.79 Å². The van der Waals surface area contributed by atoms with Crippen LogP contribution in [0.25, 0.3) is 0 Å². The van der Waals surface area contributed by atoms with Crippen molar-refractivity contribution in [2.45, 2.75) is 31.7 Å². The summed E-state index contributed by atoms with van der Waals surface area (Å²) in [6, 6.07) is 0.853. The van der Waals surface area contributed by atoms with Crippen LogP contribution in [-0.4, -0.2) is 61.0 Å². The molecule has 3 aliphatic rings. The van der Waals surface area contributed by atoms with Crippen LogP contribution in [-0.2, 0) is 4.79 Å². The third-order valence-electron chi connectivity index (χ3n) is 4.38. The van der Waals surface area contributed by atoms with Gasteiger partial charge in [0.1, 0.15) is 0 Å². The molecule has 0 spiro atoms. The maximum absolute atomic E-state index is 12.3. The molecule has 0 aromatic rings. The number of piperazine rings is 1. The van der Waals surface area contributed by atoms with Gasteiger partial charge in [0, 0.05) is 38.1 Å². The van der Waals surface area contributed by atoms with Crippen molar-refractivity contribution in [2.75, 3.05) is 39.3 Å². The van der Waals surface area contributed by atoms with Crippen molar-refractivity contribution in [2.24, 2.45) is 5.92 Å². The summed E-state index contributed by atoms with van der Waals surface area (Å²) in [6.45, 7) is 6.14. The van der Waals surface area contributed by atoms with Gasteiger partial charge in [-0.15, -0.1) is 12.4 Å². The summed E-state index contributed by atoms with van der Waals surface area (Å²) >= 11 is 0. The Balaban J connectivity index is 0.00000120. The Labute approximate surface area is 115 Å². The molecule has 2 aliphatic heterocycles. The Morgan fingerprint density at radius 1 is 0.944 bits per heavy atom. The van der Waals surface area contributed by atoms with E-state index < -0.39 is 0 Å². The van der Waals surface area contributed by atoms with Crippen molar-refractivity contribution in [1.29, 1.82) is 0 Å². The Morgan fingerprint density at radius 3 is 2.11 bits per heavy atom. The van der Waals surface area contributed by atoms with Gasteiger partial charge >= 0.3 is 0 Å². The van der Waals surface area contributed by atoms with Crippen molar-refractivity contribution in [3.05, 3.63) is 0 Å². The van der Waals surface area contributed by atoms with Crippen LogP contribution in [0.5, 0.6) is 0 Å². The second kappa shape index (κ2) is 6.22. The van der Waals surface area contributed by atoms with E-state index in [4.69, 9.17) is 0 Å². The van der Waals surface area contributed by atoms with Crippen molar-refractivity contribution in [1.82, 2.24) is 15.1 Å². The highest BCUT2D eigenvalue weighted by Gasteiger charge is 2.33. The summed E-state index contributed by atoms with van der Waals surface area (Å²) < 4.78 is 0. The maximum Gasteiger partial charge on any atom is 0.225 e. The lowest BCUT2D eigenvalue weighted by Gasteiger charge is -2.37. The highest BCUT2D eigenvalue weighted by Crippen LogP contribution is 2.28. The quantitative estimate of drug-likeness (QED) is 0.805.